The zero-order valence-electron chi connectivity index (χ0n) is 15.0. The minimum absolute atomic E-state index is 0.0752. The van der Waals surface area contributed by atoms with Gasteiger partial charge in [-0.15, -0.1) is 0 Å². The molecule has 1 aliphatic rings. The van der Waals surface area contributed by atoms with E-state index in [0.717, 1.165) is 12.8 Å². The minimum Gasteiger partial charge on any atom is -0.382 e. The Morgan fingerprint density at radius 3 is 2.60 bits per heavy atom. The van der Waals surface area contributed by atoms with Gasteiger partial charge in [-0.1, -0.05) is 25.4 Å². The molecule has 25 heavy (non-hydrogen) atoms. The number of halogens is 1. The number of amides is 1. The molecule has 7 heteroatoms. The van der Waals surface area contributed by atoms with Gasteiger partial charge in [0.2, 0.25) is 5.91 Å². The normalized spacial score (nSPS) is 14.6. The van der Waals surface area contributed by atoms with Crippen LogP contribution in [0.15, 0.2) is 18.2 Å². The minimum atomic E-state index is -3.64. The average Bonchev–Trinajstić information content (AvgIpc) is 3.32. The highest BCUT2D eigenvalue weighted by Crippen LogP contribution is 2.32. The lowest BCUT2D eigenvalue weighted by Gasteiger charge is -2.25. The monoisotopic (exact) mass is 387 g/mol. The molecule has 0 aromatic heterocycles. The van der Waals surface area contributed by atoms with E-state index in [1.165, 1.54) is 6.92 Å². The second kappa shape index (κ2) is 8.41. The summed E-state index contributed by atoms with van der Waals surface area (Å²) < 4.78 is 28.8. The molecular formula is C18H26ClNO4S. The number of carbonyl (C=O) groups excluding carboxylic acids is 1. The summed E-state index contributed by atoms with van der Waals surface area (Å²) in [5.41, 5.74) is 0.613. The van der Waals surface area contributed by atoms with Gasteiger partial charge < -0.3 is 9.08 Å². The maximum atomic E-state index is 12.6. The lowest BCUT2D eigenvalue weighted by molar-refractivity contribution is -0.132. The van der Waals surface area contributed by atoms with Crippen molar-refractivity contribution in [3.05, 3.63) is 28.8 Å². The Morgan fingerprint density at radius 2 is 2.04 bits per heavy atom. The van der Waals surface area contributed by atoms with Crippen molar-refractivity contribution in [3.8, 4) is 5.75 Å². The van der Waals surface area contributed by atoms with Crippen molar-refractivity contribution >= 4 is 27.6 Å². The summed E-state index contributed by atoms with van der Waals surface area (Å²) >= 11 is 6.08. The Bertz CT molecular complexity index is 714. The molecule has 1 amide bonds. The maximum absolute atomic E-state index is 12.6. The summed E-state index contributed by atoms with van der Waals surface area (Å²) in [6.07, 6.45) is 2.74. The van der Waals surface area contributed by atoms with E-state index >= 15 is 0 Å². The summed E-state index contributed by atoms with van der Waals surface area (Å²) in [6.45, 7) is 6.54. The van der Waals surface area contributed by atoms with Gasteiger partial charge in [0.05, 0.1) is 5.75 Å². The molecule has 0 bridgehead atoms. The van der Waals surface area contributed by atoms with E-state index in [9.17, 15) is 13.2 Å². The molecule has 0 radical (unpaired) electrons. The molecule has 0 saturated heterocycles. The molecule has 1 aromatic carbocycles. The highest BCUT2D eigenvalue weighted by molar-refractivity contribution is 7.87. The van der Waals surface area contributed by atoms with Gasteiger partial charge in [0, 0.05) is 30.1 Å². The van der Waals surface area contributed by atoms with Crippen LogP contribution in [0.25, 0.3) is 0 Å². The van der Waals surface area contributed by atoms with Crippen molar-refractivity contribution in [1.29, 1.82) is 0 Å². The molecule has 0 unspecified atom stereocenters. The van der Waals surface area contributed by atoms with Crippen LogP contribution in [0.1, 0.15) is 45.6 Å². The van der Waals surface area contributed by atoms with Gasteiger partial charge in [-0.2, -0.15) is 8.42 Å². The van der Waals surface area contributed by atoms with Crippen LogP contribution >= 0.6 is 11.6 Å². The third-order valence-electron chi connectivity index (χ3n) is 4.07. The van der Waals surface area contributed by atoms with Crippen molar-refractivity contribution in [2.24, 2.45) is 11.8 Å². The lowest BCUT2D eigenvalue weighted by atomic mass is 10.1. The quantitative estimate of drug-likeness (QED) is 0.603. The van der Waals surface area contributed by atoms with Gasteiger partial charge in [0.25, 0.3) is 0 Å². The van der Waals surface area contributed by atoms with Crippen molar-refractivity contribution in [1.82, 2.24) is 4.90 Å². The Morgan fingerprint density at radius 1 is 1.36 bits per heavy atom. The van der Waals surface area contributed by atoms with Gasteiger partial charge in [0.1, 0.15) is 5.75 Å². The van der Waals surface area contributed by atoms with E-state index in [1.807, 2.05) is 13.8 Å². The first-order chi connectivity index (χ1) is 11.7. The maximum Gasteiger partial charge on any atom is 0.308 e. The van der Waals surface area contributed by atoms with Gasteiger partial charge in [-0.05, 0) is 49.8 Å². The molecule has 0 aliphatic heterocycles. The molecule has 0 spiro atoms. The van der Waals surface area contributed by atoms with E-state index in [-0.39, 0.29) is 23.3 Å². The van der Waals surface area contributed by atoms with E-state index in [4.69, 9.17) is 15.8 Å². The van der Waals surface area contributed by atoms with Gasteiger partial charge in [-0.25, -0.2) is 0 Å². The Labute approximate surface area is 155 Å². The molecule has 1 aliphatic carbocycles. The summed E-state index contributed by atoms with van der Waals surface area (Å²) in [4.78, 5) is 14.4. The molecule has 1 aromatic rings. The van der Waals surface area contributed by atoms with Gasteiger partial charge in [0.15, 0.2) is 0 Å². The summed E-state index contributed by atoms with van der Waals surface area (Å²) in [5.74, 6) is 1.01. The van der Waals surface area contributed by atoms with Gasteiger partial charge in [-0.3, -0.25) is 4.79 Å². The van der Waals surface area contributed by atoms with Gasteiger partial charge >= 0.3 is 10.1 Å². The Hall–Kier alpha value is -1.27. The first-order valence-corrected chi connectivity index (χ1v) is 10.6. The third kappa shape index (κ3) is 6.51. The van der Waals surface area contributed by atoms with Crippen LogP contribution in [0.5, 0.6) is 5.75 Å². The van der Waals surface area contributed by atoms with Crippen LogP contribution in [0.2, 0.25) is 5.02 Å². The number of carbonyl (C=O) groups is 1. The van der Waals surface area contributed by atoms with E-state index in [1.54, 1.807) is 23.1 Å². The fourth-order valence-corrected chi connectivity index (χ4v) is 3.25. The highest BCUT2D eigenvalue weighted by Gasteiger charge is 2.28. The standard InChI is InChI=1S/C18H26ClNO4S/c1-4-25(22,23)24-17-8-7-16(19)10-15(17)12-20(11-14-5-6-14)18(21)9-13(2)3/h7-8,10,13-14H,4-6,9,11-12H2,1-3H3. The summed E-state index contributed by atoms with van der Waals surface area (Å²) in [5, 5.41) is 0.485. The fourth-order valence-electron chi connectivity index (χ4n) is 2.50. The number of hydrogen-bond acceptors (Lipinski definition) is 4. The first kappa shape index (κ1) is 20.0. The van der Waals surface area contributed by atoms with Crippen LogP contribution in [0, 0.1) is 11.8 Å². The predicted octanol–water partition coefficient (Wildman–Crippen LogP) is 3.85. The summed E-state index contributed by atoms with van der Waals surface area (Å²) in [6, 6.07) is 4.81. The number of nitrogens with zero attached hydrogens (tertiary/aromatic N) is 1. The van der Waals surface area contributed by atoms with Crippen molar-refractivity contribution in [2.45, 2.75) is 46.6 Å². The fraction of sp³-hybridized carbons (Fsp3) is 0.611. The van der Waals surface area contributed by atoms with E-state index in [2.05, 4.69) is 0 Å². The highest BCUT2D eigenvalue weighted by atomic mass is 35.5. The molecule has 0 heterocycles. The average molecular weight is 388 g/mol. The molecular weight excluding hydrogens is 362 g/mol. The third-order valence-corrected chi connectivity index (χ3v) is 5.44. The first-order valence-electron chi connectivity index (χ1n) is 8.68. The zero-order valence-corrected chi connectivity index (χ0v) is 16.6. The second-order valence-electron chi connectivity index (χ2n) is 7.00. The molecule has 0 atom stereocenters. The number of hydrogen-bond donors (Lipinski definition) is 0. The molecule has 1 fully saturated rings. The van der Waals surface area contributed by atoms with E-state index < -0.39 is 10.1 Å². The second-order valence-corrected chi connectivity index (χ2v) is 9.29. The van der Waals surface area contributed by atoms with Crippen molar-refractivity contribution in [3.63, 3.8) is 0 Å². The van der Waals surface area contributed by atoms with Crippen LogP contribution in [0.3, 0.4) is 0 Å². The molecule has 1 saturated carbocycles. The molecule has 0 N–H and O–H groups in total. The van der Waals surface area contributed by atoms with Crippen LogP contribution in [0.4, 0.5) is 0 Å². The molecule has 2 rings (SSSR count). The van der Waals surface area contributed by atoms with Crippen molar-refractivity contribution < 1.29 is 17.4 Å². The number of rotatable bonds is 9. The molecule has 140 valence electrons. The van der Waals surface area contributed by atoms with Crippen LogP contribution in [-0.4, -0.2) is 31.5 Å². The Balaban J connectivity index is 2.24. The largest absolute Gasteiger partial charge is 0.382 e. The lowest BCUT2D eigenvalue weighted by Crippen LogP contribution is -2.33. The number of benzene rings is 1. The zero-order chi connectivity index (χ0) is 18.6. The van der Waals surface area contributed by atoms with Crippen LogP contribution < -0.4 is 4.18 Å². The van der Waals surface area contributed by atoms with E-state index in [0.29, 0.717) is 36.0 Å². The topological polar surface area (TPSA) is 63.7 Å². The molecule has 5 nitrogen and oxygen atoms in total. The summed E-state index contributed by atoms with van der Waals surface area (Å²) in [7, 11) is -3.64. The van der Waals surface area contributed by atoms with Crippen LogP contribution in [-0.2, 0) is 21.5 Å². The van der Waals surface area contributed by atoms with Crippen molar-refractivity contribution in [2.75, 3.05) is 12.3 Å². The predicted molar refractivity (Wildman–Crippen MR) is 99.1 cm³/mol. The SMILES string of the molecule is CCS(=O)(=O)Oc1ccc(Cl)cc1CN(CC1CC1)C(=O)CC(C)C. The smallest absolute Gasteiger partial charge is 0.308 e. The Kier molecular flexibility index (Phi) is 6.74.